The highest BCUT2D eigenvalue weighted by Gasteiger charge is 2.23. The summed E-state index contributed by atoms with van der Waals surface area (Å²) in [6.45, 7) is 3.13. The molecule has 0 bridgehead atoms. The van der Waals surface area contributed by atoms with E-state index < -0.39 is 18.5 Å². The predicted octanol–water partition coefficient (Wildman–Crippen LogP) is -2.16. The van der Waals surface area contributed by atoms with Crippen molar-refractivity contribution in [2.75, 3.05) is 0 Å². The van der Waals surface area contributed by atoms with Crippen molar-refractivity contribution in [3.63, 3.8) is 0 Å². The van der Waals surface area contributed by atoms with Gasteiger partial charge in [0.25, 0.3) is 5.97 Å². The smallest absolute Gasteiger partial charge is 0.278 e. The highest BCUT2D eigenvalue weighted by molar-refractivity contribution is 4.95. The fourth-order valence-corrected chi connectivity index (χ4v) is 0.390. The van der Waals surface area contributed by atoms with E-state index in [1.54, 1.807) is 0 Å². The van der Waals surface area contributed by atoms with Crippen LogP contribution < -0.4 is 5.73 Å². The van der Waals surface area contributed by atoms with E-state index in [9.17, 15) is 0 Å². The van der Waals surface area contributed by atoms with Crippen molar-refractivity contribution in [1.29, 1.82) is 0 Å². The topological polar surface area (TPSA) is 107 Å². The first-order chi connectivity index (χ1) is 4.33. The quantitative estimate of drug-likeness (QED) is 0.294. The molecule has 10 heavy (non-hydrogen) atoms. The van der Waals surface area contributed by atoms with Crippen LogP contribution in [-0.2, 0) is 0 Å². The average Bonchev–Trinajstić information content (AvgIpc) is 1.60. The van der Waals surface area contributed by atoms with E-state index in [0.717, 1.165) is 0 Å². The molecule has 0 aliphatic rings. The lowest BCUT2D eigenvalue weighted by Gasteiger charge is -2.17. The van der Waals surface area contributed by atoms with E-state index in [-0.39, 0.29) is 5.70 Å². The molecular weight excluding hydrogens is 138 g/mol. The summed E-state index contributed by atoms with van der Waals surface area (Å²) in [6.07, 6.45) is -1.97. The summed E-state index contributed by atoms with van der Waals surface area (Å²) < 4.78 is 0. The Kier molecular flexibility index (Phi) is 2.79. The normalized spacial score (nSPS) is 14.8. The van der Waals surface area contributed by atoms with Crippen LogP contribution in [0.1, 0.15) is 6.42 Å². The Morgan fingerprint density at radius 2 is 1.90 bits per heavy atom. The first kappa shape index (κ1) is 9.38. The number of hydrogen-bond donors (Lipinski definition) is 5. The summed E-state index contributed by atoms with van der Waals surface area (Å²) >= 11 is 0. The largest absolute Gasteiger partial charge is 0.400 e. The number of hydrogen-bond acceptors (Lipinski definition) is 5. The molecule has 0 aromatic heterocycles. The van der Waals surface area contributed by atoms with Gasteiger partial charge in [-0.15, -0.1) is 0 Å². The van der Waals surface area contributed by atoms with Gasteiger partial charge >= 0.3 is 0 Å². The third kappa shape index (κ3) is 4.28. The van der Waals surface area contributed by atoms with Crippen LogP contribution in [0.4, 0.5) is 0 Å². The molecule has 0 saturated heterocycles. The number of aliphatic hydroxyl groups excluding tert-OH is 1. The molecule has 1 unspecified atom stereocenters. The fraction of sp³-hybridized carbons (Fsp3) is 0.600. The molecule has 0 aliphatic heterocycles. The SMILES string of the molecule is C=C(N)C(O)CC(O)(O)O. The van der Waals surface area contributed by atoms with Crippen molar-refractivity contribution >= 4 is 0 Å². The van der Waals surface area contributed by atoms with Crippen LogP contribution in [0, 0.1) is 0 Å². The molecule has 0 heterocycles. The van der Waals surface area contributed by atoms with Crippen LogP contribution in [0.15, 0.2) is 12.3 Å². The second-order valence-corrected chi connectivity index (χ2v) is 2.07. The van der Waals surface area contributed by atoms with Crippen LogP contribution in [0.2, 0.25) is 0 Å². The van der Waals surface area contributed by atoms with Gasteiger partial charge in [0.15, 0.2) is 0 Å². The highest BCUT2D eigenvalue weighted by Crippen LogP contribution is 2.07. The van der Waals surface area contributed by atoms with Gasteiger partial charge in [0.05, 0.1) is 6.42 Å². The third-order valence-electron chi connectivity index (χ3n) is 0.895. The van der Waals surface area contributed by atoms with Gasteiger partial charge in [-0.2, -0.15) is 0 Å². The van der Waals surface area contributed by atoms with Gasteiger partial charge in [-0.05, 0) is 0 Å². The van der Waals surface area contributed by atoms with E-state index in [2.05, 4.69) is 6.58 Å². The Hall–Kier alpha value is -0.620. The fourth-order valence-electron chi connectivity index (χ4n) is 0.390. The lowest BCUT2D eigenvalue weighted by atomic mass is 10.2. The first-order valence-corrected chi connectivity index (χ1v) is 2.62. The summed E-state index contributed by atoms with van der Waals surface area (Å²) in [5.41, 5.74) is 4.84. The maximum absolute atomic E-state index is 8.76. The second kappa shape index (κ2) is 2.98. The van der Waals surface area contributed by atoms with Gasteiger partial charge in [0, 0.05) is 5.70 Å². The third-order valence-corrected chi connectivity index (χ3v) is 0.895. The molecule has 0 aromatic rings. The molecule has 0 aliphatic carbocycles. The Balaban J connectivity index is 3.80. The number of rotatable bonds is 3. The van der Waals surface area contributed by atoms with Crippen LogP contribution in [0.3, 0.4) is 0 Å². The summed E-state index contributed by atoms with van der Waals surface area (Å²) in [6, 6.07) is 0. The van der Waals surface area contributed by atoms with Crippen LogP contribution in [-0.4, -0.2) is 32.5 Å². The molecule has 5 nitrogen and oxygen atoms in total. The first-order valence-electron chi connectivity index (χ1n) is 2.62. The van der Waals surface area contributed by atoms with E-state index in [1.165, 1.54) is 0 Å². The molecule has 0 saturated carbocycles. The Labute approximate surface area is 58.0 Å². The highest BCUT2D eigenvalue weighted by atomic mass is 16.7. The zero-order valence-corrected chi connectivity index (χ0v) is 5.36. The molecule has 60 valence electrons. The minimum atomic E-state index is -2.89. The zero-order chi connectivity index (χ0) is 8.36. The summed E-state index contributed by atoms with van der Waals surface area (Å²) in [5, 5.41) is 33.6. The maximum Gasteiger partial charge on any atom is 0.278 e. The van der Waals surface area contributed by atoms with Crippen molar-refractivity contribution in [3.8, 4) is 0 Å². The van der Waals surface area contributed by atoms with Crippen molar-refractivity contribution in [1.82, 2.24) is 0 Å². The molecule has 0 fully saturated rings. The average molecular weight is 149 g/mol. The molecule has 0 rings (SSSR count). The van der Waals surface area contributed by atoms with E-state index in [0.29, 0.717) is 0 Å². The number of aliphatic hydroxyl groups is 4. The summed E-state index contributed by atoms with van der Waals surface area (Å²) in [7, 11) is 0. The van der Waals surface area contributed by atoms with Gasteiger partial charge in [-0.3, -0.25) is 0 Å². The Morgan fingerprint density at radius 1 is 1.50 bits per heavy atom. The summed E-state index contributed by atoms with van der Waals surface area (Å²) in [5.74, 6) is -2.89. The monoisotopic (exact) mass is 149 g/mol. The molecule has 1 atom stereocenters. The van der Waals surface area contributed by atoms with Crippen molar-refractivity contribution in [3.05, 3.63) is 12.3 Å². The second-order valence-electron chi connectivity index (χ2n) is 2.07. The maximum atomic E-state index is 8.76. The molecule has 0 radical (unpaired) electrons. The number of nitrogens with two attached hydrogens (primary N) is 1. The minimum absolute atomic E-state index is 0.124. The molecular formula is C5H11NO4. The van der Waals surface area contributed by atoms with Gasteiger partial charge in [-0.1, -0.05) is 6.58 Å². The van der Waals surface area contributed by atoms with Gasteiger partial charge in [0.2, 0.25) is 0 Å². The molecule has 0 aromatic carbocycles. The van der Waals surface area contributed by atoms with Gasteiger partial charge in [-0.25, -0.2) is 0 Å². The predicted molar refractivity (Wildman–Crippen MR) is 33.3 cm³/mol. The van der Waals surface area contributed by atoms with Crippen LogP contribution >= 0.6 is 0 Å². The minimum Gasteiger partial charge on any atom is -0.400 e. The van der Waals surface area contributed by atoms with Gasteiger partial charge in [0.1, 0.15) is 6.10 Å². The van der Waals surface area contributed by atoms with Crippen molar-refractivity contribution in [2.45, 2.75) is 18.5 Å². The summed E-state index contributed by atoms with van der Waals surface area (Å²) in [4.78, 5) is 0. The lowest BCUT2D eigenvalue weighted by Crippen LogP contribution is -2.34. The lowest BCUT2D eigenvalue weighted by molar-refractivity contribution is -0.320. The van der Waals surface area contributed by atoms with Crippen LogP contribution in [0.5, 0.6) is 0 Å². The van der Waals surface area contributed by atoms with Gasteiger partial charge < -0.3 is 26.2 Å². The zero-order valence-electron chi connectivity index (χ0n) is 5.36. The van der Waals surface area contributed by atoms with E-state index >= 15 is 0 Å². The molecule has 0 spiro atoms. The standard InChI is InChI=1S/C5H11NO4/c1-3(6)4(7)2-5(8,9)10/h4,7-10H,1-2,6H2. The van der Waals surface area contributed by atoms with Crippen LogP contribution in [0.25, 0.3) is 0 Å². The molecule has 6 N–H and O–H groups in total. The molecule has 0 amide bonds. The van der Waals surface area contributed by atoms with Crippen molar-refractivity contribution < 1.29 is 20.4 Å². The van der Waals surface area contributed by atoms with E-state index in [4.69, 9.17) is 26.2 Å². The van der Waals surface area contributed by atoms with Crippen molar-refractivity contribution in [2.24, 2.45) is 5.73 Å². The van der Waals surface area contributed by atoms with E-state index in [1.807, 2.05) is 0 Å². The Bertz CT molecular complexity index is 128. The molecule has 5 heteroatoms. The Morgan fingerprint density at radius 3 is 2.00 bits per heavy atom.